The Balaban J connectivity index is 1.20. The molecule has 0 saturated carbocycles. The molecule has 5 aromatic carbocycles. The van der Waals surface area contributed by atoms with E-state index in [0.29, 0.717) is 11.1 Å². The van der Waals surface area contributed by atoms with Gasteiger partial charge in [-0.25, -0.2) is 9.59 Å². The number of hydrogen-bond donors (Lipinski definition) is 0. The number of thioether (sulfide) groups is 1. The average Bonchev–Trinajstić information content (AvgIpc) is 3.45. The Kier molecular flexibility index (Phi) is 10.6. The number of carbonyl (C=O) groups excluding carboxylic acids is 3. The third kappa shape index (κ3) is 8.20. The first-order valence-corrected chi connectivity index (χ1v) is 16.6. The Labute approximate surface area is 283 Å². The molecule has 0 amide bonds. The molecule has 1 aliphatic rings. The standard InChI is InChI=1S/C40H34O7S/c1-27(41)46-40-37(44-25-28-11-5-2-6-12-28)36(47-39(43)34-23-19-32(20-24-34)30-15-9-4-10-16-30)35(48-40)26-45-38(42)33-21-17-31(18-22-33)29-13-7-3-8-14-29/h2-24,35-37,40H,25-26H2,1H3/t35-,36+,37+,40?/m1/s1. The number of rotatable bonds is 11. The van der Waals surface area contributed by atoms with Crippen LogP contribution in [0.3, 0.4) is 0 Å². The van der Waals surface area contributed by atoms with Crippen molar-refractivity contribution in [1.82, 2.24) is 0 Å². The van der Waals surface area contributed by atoms with Gasteiger partial charge in [0.25, 0.3) is 0 Å². The number of hydrogen-bond acceptors (Lipinski definition) is 8. The molecule has 0 spiro atoms. The van der Waals surface area contributed by atoms with Gasteiger partial charge in [0, 0.05) is 6.92 Å². The monoisotopic (exact) mass is 658 g/mol. The maximum atomic E-state index is 13.5. The minimum absolute atomic E-state index is 0.0994. The summed E-state index contributed by atoms with van der Waals surface area (Å²) in [5.41, 5.74) is 4.86. The van der Waals surface area contributed by atoms with Crippen LogP contribution in [0.1, 0.15) is 33.2 Å². The van der Waals surface area contributed by atoms with Crippen LogP contribution < -0.4 is 0 Å². The largest absolute Gasteiger partial charge is 0.461 e. The van der Waals surface area contributed by atoms with Crippen LogP contribution in [0.5, 0.6) is 0 Å². The van der Waals surface area contributed by atoms with Crippen molar-refractivity contribution in [2.75, 3.05) is 6.61 Å². The van der Waals surface area contributed by atoms with Gasteiger partial charge in [-0.15, -0.1) is 11.8 Å². The van der Waals surface area contributed by atoms with E-state index in [1.807, 2.05) is 115 Å². The van der Waals surface area contributed by atoms with Crippen molar-refractivity contribution in [2.24, 2.45) is 0 Å². The molecular formula is C40H34O7S. The number of carbonyl (C=O) groups is 3. The molecule has 8 heteroatoms. The van der Waals surface area contributed by atoms with Crippen LogP contribution in [-0.2, 0) is 30.3 Å². The van der Waals surface area contributed by atoms with E-state index in [0.717, 1.165) is 27.8 Å². The van der Waals surface area contributed by atoms with Gasteiger partial charge in [0.15, 0.2) is 5.44 Å². The zero-order valence-corrected chi connectivity index (χ0v) is 27.1. The Morgan fingerprint density at radius 3 is 1.56 bits per heavy atom. The van der Waals surface area contributed by atoms with Crippen molar-refractivity contribution in [1.29, 1.82) is 0 Å². The molecule has 48 heavy (non-hydrogen) atoms. The van der Waals surface area contributed by atoms with E-state index in [9.17, 15) is 14.4 Å². The summed E-state index contributed by atoms with van der Waals surface area (Å²) in [6.45, 7) is 1.41. The fourth-order valence-corrected chi connectivity index (χ4v) is 6.90. The van der Waals surface area contributed by atoms with Crippen LogP contribution in [0.2, 0.25) is 0 Å². The zero-order valence-electron chi connectivity index (χ0n) is 26.3. The first-order chi connectivity index (χ1) is 23.4. The van der Waals surface area contributed by atoms with Crippen molar-refractivity contribution in [3.8, 4) is 22.3 Å². The zero-order chi connectivity index (χ0) is 33.3. The quantitative estimate of drug-likeness (QED) is 0.104. The summed E-state index contributed by atoms with van der Waals surface area (Å²) in [5.74, 6) is -1.59. The molecule has 7 nitrogen and oxygen atoms in total. The molecule has 242 valence electrons. The van der Waals surface area contributed by atoms with Gasteiger partial charge in [0.2, 0.25) is 0 Å². The number of ether oxygens (including phenoxy) is 4. The fourth-order valence-electron chi connectivity index (χ4n) is 5.46. The van der Waals surface area contributed by atoms with Gasteiger partial charge in [0.05, 0.1) is 23.0 Å². The van der Waals surface area contributed by atoms with Gasteiger partial charge in [-0.05, 0) is 52.1 Å². The lowest BCUT2D eigenvalue weighted by molar-refractivity contribution is -0.152. The molecule has 1 unspecified atom stereocenters. The second-order valence-electron chi connectivity index (χ2n) is 11.3. The number of esters is 3. The molecule has 1 saturated heterocycles. The SMILES string of the molecule is CC(=O)OC1S[C@H](COC(=O)c2ccc(-c3ccccc3)cc2)[C@H](OC(=O)c2ccc(-c3ccccc3)cc2)[C@@H]1OCc1ccccc1. The minimum Gasteiger partial charge on any atom is -0.461 e. The molecule has 1 fully saturated rings. The Bertz CT molecular complexity index is 1810. The Hall–Kier alpha value is -5.18. The molecule has 5 aromatic rings. The molecule has 1 heterocycles. The maximum absolute atomic E-state index is 13.5. The lowest BCUT2D eigenvalue weighted by Gasteiger charge is -2.25. The summed E-state index contributed by atoms with van der Waals surface area (Å²) < 4.78 is 23.8. The van der Waals surface area contributed by atoms with Crippen LogP contribution in [0.4, 0.5) is 0 Å². The van der Waals surface area contributed by atoms with Crippen LogP contribution in [0.15, 0.2) is 140 Å². The normalized spacial score (nSPS) is 18.5. The highest BCUT2D eigenvalue weighted by molar-refractivity contribution is 8.00. The molecule has 0 N–H and O–H groups in total. The van der Waals surface area contributed by atoms with E-state index in [1.165, 1.54) is 18.7 Å². The fraction of sp³-hybridized carbons (Fsp3) is 0.175. The summed E-state index contributed by atoms with van der Waals surface area (Å²) in [7, 11) is 0. The highest BCUT2D eigenvalue weighted by Gasteiger charge is 2.50. The predicted molar refractivity (Wildman–Crippen MR) is 185 cm³/mol. The maximum Gasteiger partial charge on any atom is 0.338 e. The molecule has 0 aliphatic carbocycles. The molecule has 6 rings (SSSR count). The van der Waals surface area contributed by atoms with Gasteiger partial charge < -0.3 is 18.9 Å². The van der Waals surface area contributed by atoms with Crippen molar-refractivity contribution in [3.63, 3.8) is 0 Å². The van der Waals surface area contributed by atoms with Crippen molar-refractivity contribution < 1.29 is 33.3 Å². The topological polar surface area (TPSA) is 88.1 Å². The van der Waals surface area contributed by atoms with Crippen molar-refractivity contribution in [3.05, 3.63) is 156 Å². The smallest absolute Gasteiger partial charge is 0.338 e. The third-order valence-corrected chi connectivity index (χ3v) is 9.30. The molecule has 0 aromatic heterocycles. The summed E-state index contributed by atoms with van der Waals surface area (Å²) >= 11 is 1.24. The van der Waals surface area contributed by atoms with Gasteiger partial charge in [-0.3, -0.25) is 4.79 Å². The highest BCUT2D eigenvalue weighted by Crippen LogP contribution is 2.40. The summed E-state index contributed by atoms with van der Waals surface area (Å²) in [5, 5.41) is -0.574. The Morgan fingerprint density at radius 1 is 0.562 bits per heavy atom. The van der Waals surface area contributed by atoms with Crippen LogP contribution in [-0.4, -0.2) is 47.4 Å². The lowest BCUT2D eigenvalue weighted by atomic mass is 10.0. The Morgan fingerprint density at radius 2 is 1.04 bits per heavy atom. The van der Waals surface area contributed by atoms with Crippen molar-refractivity contribution >= 4 is 29.7 Å². The van der Waals surface area contributed by atoms with Crippen molar-refractivity contribution in [2.45, 2.75) is 36.4 Å². The lowest BCUT2D eigenvalue weighted by Crippen LogP contribution is -2.41. The molecular weight excluding hydrogens is 625 g/mol. The molecule has 0 radical (unpaired) electrons. The molecule has 0 bridgehead atoms. The van der Waals surface area contributed by atoms with Crippen LogP contribution in [0.25, 0.3) is 22.3 Å². The number of benzene rings is 5. The van der Waals surface area contributed by atoms with E-state index >= 15 is 0 Å². The first kappa shape index (κ1) is 32.7. The van der Waals surface area contributed by atoms with E-state index in [4.69, 9.17) is 18.9 Å². The van der Waals surface area contributed by atoms with Gasteiger partial charge in [-0.1, -0.05) is 115 Å². The summed E-state index contributed by atoms with van der Waals surface area (Å²) in [6, 6.07) is 43.6. The minimum atomic E-state index is -0.891. The van der Waals surface area contributed by atoms with Gasteiger partial charge >= 0.3 is 17.9 Å². The third-order valence-electron chi connectivity index (χ3n) is 7.91. The van der Waals surface area contributed by atoms with Crippen LogP contribution >= 0.6 is 11.8 Å². The summed E-state index contributed by atoms with van der Waals surface area (Å²) in [4.78, 5) is 38.8. The van der Waals surface area contributed by atoms with Crippen LogP contribution in [0, 0.1) is 0 Å². The van der Waals surface area contributed by atoms with E-state index in [-0.39, 0.29) is 13.2 Å². The second-order valence-corrected chi connectivity index (χ2v) is 12.6. The van der Waals surface area contributed by atoms with E-state index < -0.39 is 40.8 Å². The molecule has 4 atom stereocenters. The average molecular weight is 659 g/mol. The highest BCUT2D eigenvalue weighted by atomic mass is 32.2. The predicted octanol–water partition coefficient (Wildman–Crippen LogP) is 7.99. The van der Waals surface area contributed by atoms with E-state index in [1.54, 1.807) is 24.3 Å². The van der Waals surface area contributed by atoms with Gasteiger partial charge in [-0.2, -0.15) is 0 Å². The van der Waals surface area contributed by atoms with E-state index in [2.05, 4.69) is 0 Å². The molecule has 1 aliphatic heterocycles. The van der Waals surface area contributed by atoms with Gasteiger partial charge in [0.1, 0.15) is 18.8 Å². The summed E-state index contributed by atoms with van der Waals surface area (Å²) in [6.07, 6.45) is -1.71. The second kappa shape index (κ2) is 15.6. The first-order valence-electron chi connectivity index (χ1n) is 15.6.